The van der Waals surface area contributed by atoms with Crippen molar-refractivity contribution in [3.8, 4) is 6.07 Å². The van der Waals surface area contributed by atoms with Crippen molar-refractivity contribution >= 4 is 23.2 Å². The molecule has 0 aliphatic rings. The van der Waals surface area contributed by atoms with Gasteiger partial charge in [-0.05, 0) is 12.1 Å². The lowest BCUT2D eigenvalue weighted by Crippen LogP contribution is -1.86. The average Bonchev–Trinajstić information content (AvgIpc) is 2.08. The first-order valence-corrected chi connectivity index (χ1v) is 3.89. The Kier molecular flexibility index (Phi) is 2.91. The molecule has 12 heavy (non-hydrogen) atoms. The predicted octanol–water partition coefficient (Wildman–Crippen LogP) is 3.53. The molecule has 0 aromatic heterocycles. The molecule has 0 saturated carbocycles. The van der Waals surface area contributed by atoms with Gasteiger partial charge in [0.15, 0.2) is 0 Å². The van der Waals surface area contributed by atoms with Crippen LogP contribution < -0.4 is 0 Å². The first kappa shape index (κ1) is 9.31. The van der Waals surface area contributed by atoms with Gasteiger partial charge in [-0.1, -0.05) is 29.3 Å². The summed E-state index contributed by atoms with van der Waals surface area (Å²) in [5, 5.41) is 8.86. The van der Waals surface area contributed by atoms with Gasteiger partial charge in [0.25, 0.3) is 0 Å². The third kappa shape index (κ3) is 1.88. The number of alkyl halides is 1. The molecule has 1 atom stereocenters. The molecule has 0 saturated heterocycles. The van der Waals surface area contributed by atoms with Crippen LogP contribution >= 0.6 is 23.2 Å². The van der Waals surface area contributed by atoms with E-state index in [2.05, 4.69) is 0 Å². The summed E-state index contributed by atoms with van der Waals surface area (Å²) in [5.41, 5.74) is 0.229. The molecule has 1 aromatic rings. The fourth-order valence-corrected chi connectivity index (χ4v) is 1.05. The highest BCUT2D eigenvalue weighted by molar-refractivity contribution is 6.42. The molecule has 1 unspecified atom stereocenters. The van der Waals surface area contributed by atoms with Gasteiger partial charge >= 0.3 is 0 Å². The minimum absolute atomic E-state index is 0.229. The second-order valence-corrected chi connectivity index (χ2v) is 2.98. The van der Waals surface area contributed by atoms with Crippen LogP contribution in [0.15, 0.2) is 18.2 Å². The SMILES string of the molecule is N#CC(F)c1ccc(Cl)c(Cl)c1. The topological polar surface area (TPSA) is 23.8 Å². The van der Waals surface area contributed by atoms with E-state index in [-0.39, 0.29) is 10.6 Å². The third-order valence-corrected chi connectivity index (χ3v) is 2.09. The van der Waals surface area contributed by atoms with E-state index in [1.807, 2.05) is 0 Å². The molecule has 1 aromatic carbocycles. The number of benzene rings is 1. The number of nitrogens with zero attached hydrogens (tertiary/aromatic N) is 1. The molecule has 0 N–H and O–H groups in total. The van der Waals surface area contributed by atoms with E-state index in [9.17, 15) is 4.39 Å². The highest BCUT2D eigenvalue weighted by atomic mass is 35.5. The lowest BCUT2D eigenvalue weighted by Gasteiger charge is -2.00. The van der Waals surface area contributed by atoms with Crippen molar-refractivity contribution < 1.29 is 4.39 Å². The molecule has 62 valence electrons. The van der Waals surface area contributed by atoms with Gasteiger partial charge in [-0.2, -0.15) is 5.26 Å². The standard InChI is InChI=1S/C8H4Cl2FN/c9-6-2-1-5(3-7(6)10)8(11)4-12/h1-3,8H. The Morgan fingerprint density at radius 1 is 1.33 bits per heavy atom. The molecule has 0 fully saturated rings. The summed E-state index contributed by atoms with van der Waals surface area (Å²) in [6.45, 7) is 0. The zero-order chi connectivity index (χ0) is 9.14. The minimum Gasteiger partial charge on any atom is -0.226 e. The number of rotatable bonds is 1. The summed E-state index contributed by atoms with van der Waals surface area (Å²) < 4.78 is 12.7. The lowest BCUT2D eigenvalue weighted by molar-refractivity contribution is 0.424. The van der Waals surface area contributed by atoms with Gasteiger partial charge in [0.05, 0.1) is 10.0 Å². The van der Waals surface area contributed by atoms with Crippen LogP contribution in [-0.2, 0) is 0 Å². The molecule has 0 aliphatic carbocycles. The Morgan fingerprint density at radius 2 is 2.00 bits per heavy atom. The van der Waals surface area contributed by atoms with E-state index >= 15 is 0 Å². The summed E-state index contributed by atoms with van der Waals surface area (Å²) in [4.78, 5) is 0. The van der Waals surface area contributed by atoms with E-state index in [1.165, 1.54) is 24.3 Å². The molecule has 0 bridgehead atoms. The zero-order valence-electron chi connectivity index (χ0n) is 5.89. The number of hydrogen-bond acceptors (Lipinski definition) is 1. The summed E-state index contributed by atoms with van der Waals surface area (Å²) in [6.07, 6.45) is -1.64. The maximum absolute atomic E-state index is 12.7. The van der Waals surface area contributed by atoms with Crippen molar-refractivity contribution in [2.45, 2.75) is 6.17 Å². The summed E-state index contributed by atoms with van der Waals surface area (Å²) in [6, 6.07) is 5.70. The molecular weight excluding hydrogens is 200 g/mol. The van der Waals surface area contributed by atoms with E-state index in [0.717, 1.165) is 0 Å². The highest BCUT2D eigenvalue weighted by Crippen LogP contribution is 2.26. The Labute approximate surface area is 79.3 Å². The van der Waals surface area contributed by atoms with E-state index in [4.69, 9.17) is 28.5 Å². The molecule has 0 spiro atoms. The Bertz CT molecular complexity index is 332. The minimum atomic E-state index is -1.64. The average molecular weight is 204 g/mol. The van der Waals surface area contributed by atoms with E-state index in [1.54, 1.807) is 0 Å². The first-order valence-electron chi connectivity index (χ1n) is 3.14. The van der Waals surface area contributed by atoms with Gasteiger partial charge in [0, 0.05) is 5.56 Å². The van der Waals surface area contributed by atoms with Crippen LogP contribution in [0.1, 0.15) is 11.7 Å². The second-order valence-electron chi connectivity index (χ2n) is 2.17. The maximum Gasteiger partial charge on any atom is 0.211 e. The molecule has 0 heterocycles. The van der Waals surface area contributed by atoms with Gasteiger partial charge in [0.2, 0.25) is 6.17 Å². The van der Waals surface area contributed by atoms with E-state index in [0.29, 0.717) is 5.02 Å². The van der Waals surface area contributed by atoms with Crippen molar-refractivity contribution in [2.24, 2.45) is 0 Å². The Balaban J connectivity index is 3.06. The van der Waals surface area contributed by atoms with Gasteiger partial charge in [0.1, 0.15) is 6.07 Å². The summed E-state index contributed by atoms with van der Waals surface area (Å²) >= 11 is 11.2. The smallest absolute Gasteiger partial charge is 0.211 e. The molecule has 0 aliphatic heterocycles. The maximum atomic E-state index is 12.7. The molecular formula is C8H4Cl2FN. The number of halogens is 3. The third-order valence-electron chi connectivity index (χ3n) is 1.35. The van der Waals surface area contributed by atoms with Crippen molar-refractivity contribution in [1.82, 2.24) is 0 Å². The fourth-order valence-electron chi connectivity index (χ4n) is 0.745. The lowest BCUT2D eigenvalue weighted by atomic mass is 10.1. The van der Waals surface area contributed by atoms with Crippen LogP contribution in [-0.4, -0.2) is 0 Å². The number of hydrogen-bond donors (Lipinski definition) is 0. The van der Waals surface area contributed by atoms with Crippen LogP contribution in [0.25, 0.3) is 0 Å². The van der Waals surface area contributed by atoms with Crippen molar-refractivity contribution in [3.05, 3.63) is 33.8 Å². The van der Waals surface area contributed by atoms with Gasteiger partial charge in [-0.15, -0.1) is 0 Å². The van der Waals surface area contributed by atoms with Crippen LogP contribution in [0.2, 0.25) is 10.0 Å². The highest BCUT2D eigenvalue weighted by Gasteiger charge is 2.09. The predicted molar refractivity (Wildman–Crippen MR) is 45.9 cm³/mol. The van der Waals surface area contributed by atoms with Gasteiger partial charge < -0.3 is 0 Å². The van der Waals surface area contributed by atoms with Gasteiger partial charge in [-0.25, -0.2) is 4.39 Å². The molecule has 4 heteroatoms. The second kappa shape index (κ2) is 3.75. The van der Waals surface area contributed by atoms with Crippen LogP contribution in [0.5, 0.6) is 0 Å². The van der Waals surface area contributed by atoms with Crippen LogP contribution in [0, 0.1) is 11.3 Å². The molecule has 0 amide bonds. The van der Waals surface area contributed by atoms with E-state index < -0.39 is 6.17 Å². The summed E-state index contributed by atoms with van der Waals surface area (Å²) in [5.74, 6) is 0. The molecule has 0 radical (unpaired) electrons. The van der Waals surface area contributed by atoms with Crippen molar-refractivity contribution in [1.29, 1.82) is 5.26 Å². The Hall–Kier alpha value is -0.780. The van der Waals surface area contributed by atoms with Gasteiger partial charge in [-0.3, -0.25) is 0 Å². The Morgan fingerprint density at radius 3 is 2.50 bits per heavy atom. The number of nitriles is 1. The fraction of sp³-hybridized carbons (Fsp3) is 0.125. The first-order chi connectivity index (χ1) is 5.65. The quantitative estimate of drug-likeness (QED) is 0.686. The van der Waals surface area contributed by atoms with Crippen molar-refractivity contribution in [3.63, 3.8) is 0 Å². The molecule has 1 nitrogen and oxygen atoms in total. The molecule has 1 rings (SSSR count). The monoisotopic (exact) mass is 203 g/mol. The normalized spacial score (nSPS) is 12.2. The van der Waals surface area contributed by atoms with Crippen LogP contribution in [0.4, 0.5) is 4.39 Å². The summed E-state index contributed by atoms with van der Waals surface area (Å²) in [7, 11) is 0. The zero-order valence-corrected chi connectivity index (χ0v) is 7.40. The van der Waals surface area contributed by atoms with Crippen molar-refractivity contribution in [2.75, 3.05) is 0 Å². The van der Waals surface area contributed by atoms with Crippen LogP contribution in [0.3, 0.4) is 0 Å². The largest absolute Gasteiger partial charge is 0.226 e.